The number of nitrogens with one attached hydrogen (secondary N) is 1. The molecule has 1 N–H and O–H groups in total. The Hall–Kier alpha value is -2.54. The number of hydrogen-bond acceptors (Lipinski definition) is 5. The number of amides is 1. The van der Waals surface area contributed by atoms with Crippen LogP contribution in [0.15, 0.2) is 35.3 Å². The normalized spacial score (nSPS) is 14.2. The Balaban J connectivity index is 1.72. The molecule has 1 aliphatic rings. The third-order valence-corrected chi connectivity index (χ3v) is 4.67. The van der Waals surface area contributed by atoms with Gasteiger partial charge in [0.2, 0.25) is 5.91 Å². The molecule has 0 bridgehead atoms. The van der Waals surface area contributed by atoms with E-state index in [4.69, 9.17) is 16.3 Å². The molecule has 1 aliphatic heterocycles. The quantitative estimate of drug-likeness (QED) is 0.867. The van der Waals surface area contributed by atoms with E-state index in [-0.39, 0.29) is 17.5 Å². The van der Waals surface area contributed by atoms with E-state index in [1.807, 2.05) is 0 Å². The maximum Gasteiger partial charge on any atom is 0.288 e. The van der Waals surface area contributed by atoms with Crippen LogP contribution in [0.1, 0.15) is 19.3 Å². The van der Waals surface area contributed by atoms with Gasteiger partial charge in [-0.15, -0.1) is 0 Å². The molecular weight excluding hydrogens is 356 g/mol. The van der Waals surface area contributed by atoms with Crippen LogP contribution in [-0.2, 0) is 11.3 Å². The zero-order valence-corrected chi connectivity index (χ0v) is 15.3. The summed E-state index contributed by atoms with van der Waals surface area (Å²) in [7, 11) is 1.55. The summed E-state index contributed by atoms with van der Waals surface area (Å²) in [5.74, 6) is 0.265. The number of ether oxygens (including phenoxy) is 1. The van der Waals surface area contributed by atoms with E-state index in [0.717, 1.165) is 30.6 Å². The van der Waals surface area contributed by atoms with Crippen molar-refractivity contribution in [2.75, 3.05) is 30.4 Å². The molecule has 1 aromatic carbocycles. The molecule has 2 aromatic rings. The van der Waals surface area contributed by atoms with Gasteiger partial charge < -0.3 is 15.0 Å². The number of carbonyl (C=O) groups excluding carboxylic acids is 1. The highest BCUT2D eigenvalue weighted by Gasteiger charge is 2.18. The Labute approximate surface area is 156 Å². The number of aromatic nitrogens is 2. The van der Waals surface area contributed by atoms with Crippen LogP contribution >= 0.6 is 11.6 Å². The Bertz CT molecular complexity index is 847. The van der Waals surface area contributed by atoms with Crippen LogP contribution in [0.2, 0.25) is 5.02 Å². The average molecular weight is 377 g/mol. The summed E-state index contributed by atoms with van der Waals surface area (Å²) in [6, 6.07) is 6.98. The van der Waals surface area contributed by atoms with E-state index < -0.39 is 5.56 Å². The van der Waals surface area contributed by atoms with Crippen molar-refractivity contribution >= 4 is 28.9 Å². The maximum absolute atomic E-state index is 12.5. The molecule has 2 heterocycles. The van der Waals surface area contributed by atoms with Gasteiger partial charge in [0.05, 0.1) is 19.0 Å². The Morgan fingerprint density at radius 3 is 2.81 bits per heavy atom. The number of hydrogen-bond donors (Lipinski definition) is 1. The molecule has 8 heteroatoms. The van der Waals surface area contributed by atoms with Crippen LogP contribution in [0.4, 0.5) is 11.4 Å². The van der Waals surface area contributed by atoms with Crippen molar-refractivity contribution < 1.29 is 9.53 Å². The van der Waals surface area contributed by atoms with E-state index in [0.29, 0.717) is 17.1 Å². The maximum atomic E-state index is 12.5. The number of carbonyl (C=O) groups is 1. The predicted molar refractivity (Wildman–Crippen MR) is 101 cm³/mol. The molecule has 0 radical (unpaired) electrons. The second kappa shape index (κ2) is 8.23. The van der Waals surface area contributed by atoms with E-state index >= 15 is 0 Å². The molecule has 0 aliphatic carbocycles. The highest BCUT2D eigenvalue weighted by molar-refractivity contribution is 6.33. The smallest absolute Gasteiger partial charge is 0.288 e. The van der Waals surface area contributed by atoms with Gasteiger partial charge in [0, 0.05) is 24.8 Å². The number of anilines is 2. The molecule has 0 unspecified atom stereocenters. The predicted octanol–water partition coefficient (Wildman–Crippen LogP) is 2.53. The molecule has 1 fully saturated rings. The molecule has 1 amide bonds. The zero-order valence-electron chi connectivity index (χ0n) is 14.6. The van der Waals surface area contributed by atoms with Crippen molar-refractivity contribution in [1.82, 2.24) is 9.78 Å². The van der Waals surface area contributed by atoms with Crippen molar-refractivity contribution in [2.45, 2.75) is 25.8 Å². The molecule has 3 rings (SSSR count). The van der Waals surface area contributed by atoms with Crippen molar-refractivity contribution in [3.63, 3.8) is 0 Å². The SMILES string of the molecule is COc1cccc(NC(=O)Cn2ncc(N3CCCCC3)c(Cl)c2=O)c1. The molecule has 1 saturated heterocycles. The summed E-state index contributed by atoms with van der Waals surface area (Å²) in [5.41, 5.74) is 0.759. The number of piperidine rings is 1. The molecule has 0 spiro atoms. The van der Waals surface area contributed by atoms with Gasteiger partial charge in [-0.1, -0.05) is 17.7 Å². The first-order chi connectivity index (χ1) is 12.6. The number of nitrogens with zero attached hydrogens (tertiary/aromatic N) is 3. The zero-order chi connectivity index (χ0) is 18.5. The van der Waals surface area contributed by atoms with Crippen LogP contribution in [0.25, 0.3) is 0 Å². The van der Waals surface area contributed by atoms with Crippen LogP contribution in [0, 0.1) is 0 Å². The minimum atomic E-state index is -0.462. The average Bonchev–Trinajstić information content (AvgIpc) is 2.66. The Morgan fingerprint density at radius 2 is 2.08 bits per heavy atom. The summed E-state index contributed by atoms with van der Waals surface area (Å²) >= 11 is 6.25. The van der Waals surface area contributed by atoms with E-state index in [9.17, 15) is 9.59 Å². The lowest BCUT2D eigenvalue weighted by Gasteiger charge is -2.29. The first-order valence-electron chi connectivity index (χ1n) is 8.53. The molecule has 138 valence electrons. The van der Waals surface area contributed by atoms with Gasteiger partial charge >= 0.3 is 0 Å². The van der Waals surface area contributed by atoms with Gasteiger partial charge in [-0.05, 0) is 31.4 Å². The van der Waals surface area contributed by atoms with Crippen molar-refractivity contribution in [2.24, 2.45) is 0 Å². The Morgan fingerprint density at radius 1 is 1.31 bits per heavy atom. The number of methoxy groups -OCH3 is 1. The fraction of sp³-hybridized carbons (Fsp3) is 0.389. The summed E-state index contributed by atoms with van der Waals surface area (Å²) in [6.45, 7) is 1.51. The molecule has 7 nitrogen and oxygen atoms in total. The van der Waals surface area contributed by atoms with Gasteiger partial charge in [-0.2, -0.15) is 5.10 Å². The van der Waals surface area contributed by atoms with Gasteiger partial charge in [0.25, 0.3) is 5.56 Å². The molecule has 26 heavy (non-hydrogen) atoms. The van der Waals surface area contributed by atoms with Gasteiger partial charge in [0.15, 0.2) is 0 Å². The highest BCUT2D eigenvalue weighted by Crippen LogP contribution is 2.24. The number of benzene rings is 1. The fourth-order valence-electron chi connectivity index (χ4n) is 2.96. The highest BCUT2D eigenvalue weighted by atomic mass is 35.5. The lowest BCUT2D eigenvalue weighted by Crippen LogP contribution is -2.34. The van der Waals surface area contributed by atoms with Gasteiger partial charge in [0.1, 0.15) is 17.3 Å². The third kappa shape index (κ3) is 4.16. The van der Waals surface area contributed by atoms with Crippen molar-refractivity contribution in [3.8, 4) is 5.75 Å². The van der Waals surface area contributed by atoms with E-state index in [1.54, 1.807) is 37.6 Å². The Kier molecular flexibility index (Phi) is 5.78. The lowest BCUT2D eigenvalue weighted by molar-refractivity contribution is -0.117. The number of rotatable bonds is 5. The van der Waals surface area contributed by atoms with E-state index in [2.05, 4.69) is 15.3 Å². The van der Waals surface area contributed by atoms with Crippen LogP contribution in [0.3, 0.4) is 0 Å². The first kappa shape index (κ1) is 18.3. The largest absolute Gasteiger partial charge is 0.497 e. The fourth-order valence-corrected chi connectivity index (χ4v) is 3.23. The molecule has 0 saturated carbocycles. The van der Waals surface area contributed by atoms with E-state index in [1.165, 1.54) is 6.42 Å². The molecule has 0 atom stereocenters. The van der Waals surface area contributed by atoms with Crippen LogP contribution in [0.5, 0.6) is 5.75 Å². The molecular formula is C18H21ClN4O3. The van der Waals surface area contributed by atoms with Gasteiger partial charge in [-0.3, -0.25) is 9.59 Å². The number of halogens is 1. The monoisotopic (exact) mass is 376 g/mol. The summed E-state index contributed by atoms with van der Waals surface area (Å²) in [5, 5.41) is 6.95. The summed E-state index contributed by atoms with van der Waals surface area (Å²) < 4.78 is 6.19. The minimum Gasteiger partial charge on any atom is -0.497 e. The van der Waals surface area contributed by atoms with Gasteiger partial charge in [-0.25, -0.2) is 4.68 Å². The summed E-state index contributed by atoms with van der Waals surface area (Å²) in [4.78, 5) is 26.8. The van der Waals surface area contributed by atoms with Crippen LogP contribution < -0.4 is 20.5 Å². The lowest BCUT2D eigenvalue weighted by atomic mass is 10.1. The standard InChI is InChI=1S/C18H21ClN4O3/c1-26-14-7-5-6-13(10-14)21-16(24)12-23-18(25)17(19)15(11-20-23)22-8-3-2-4-9-22/h5-7,10-11H,2-4,8-9,12H2,1H3,(H,21,24). The van der Waals surface area contributed by atoms with Crippen molar-refractivity contribution in [1.29, 1.82) is 0 Å². The van der Waals surface area contributed by atoms with Crippen molar-refractivity contribution in [3.05, 3.63) is 45.8 Å². The van der Waals surface area contributed by atoms with Crippen LogP contribution in [-0.4, -0.2) is 35.9 Å². The third-order valence-electron chi connectivity index (χ3n) is 4.31. The first-order valence-corrected chi connectivity index (χ1v) is 8.91. The second-order valence-corrected chi connectivity index (χ2v) is 6.51. The second-order valence-electron chi connectivity index (χ2n) is 6.13. The topological polar surface area (TPSA) is 76.5 Å². The minimum absolute atomic E-state index is 0.107. The summed E-state index contributed by atoms with van der Waals surface area (Å²) in [6.07, 6.45) is 4.89. The molecule has 1 aromatic heterocycles.